The van der Waals surface area contributed by atoms with Crippen LogP contribution in [-0.4, -0.2) is 24.1 Å². The van der Waals surface area contributed by atoms with Crippen LogP contribution in [-0.2, 0) is 0 Å². The molecule has 2 heterocycles. The van der Waals surface area contributed by atoms with Crippen LogP contribution < -0.4 is 4.33 Å². The first-order valence-corrected chi connectivity index (χ1v) is 7.80. The number of aromatic nitrogens is 2. The van der Waals surface area contributed by atoms with Gasteiger partial charge in [-0.05, 0) is 0 Å². The van der Waals surface area contributed by atoms with E-state index in [1.807, 2.05) is 24.3 Å². The molecule has 0 saturated heterocycles. The minimum atomic E-state index is -0.981. The predicted octanol–water partition coefficient (Wildman–Crippen LogP) is 2.24. The molecule has 1 aromatic carbocycles. The number of hydrogen-bond donors (Lipinski definition) is 1. The quantitative estimate of drug-likeness (QED) is 0.854. The zero-order chi connectivity index (χ0) is 10.8. The molecule has 0 unspecified atom stereocenters. The summed E-state index contributed by atoms with van der Waals surface area (Å²) in [4.78, 5) is 13.0. The van der Waals surface area contributed by atoms with Gasteiger partial charge in [-0.2, -0.15) is 0 Å². The Morgan fingerprint density at radius 2 is 1.81 bits per heavy atom. The van der Waals surface area contributed by atoms with E-state index >= 15 is 0 Å². The van der Waals surface area contributed by atoms with Gasteiger partial charge in [-0.3, -0.25) is 0 Å². The molecule has 0 amide bonds. The zero-order valence-electron chi connectivity index (χ0n) is 8.50. The molecule has 0 bridgehead atoms. The number of nitrogens with zero attached hydrogens (tertiary/aromatic N) is 2. The number of hydrogen-bond acceptors (Lipinski definition) is 3. The second-order valence-electron chi connectivity index (χ2n) is 3.37. The van der Waals surface area contributed by atoms with Crippen molar-refractivity contribution in [2.75, 3.05) is 4.33 Å². The van der Waals surface area contributed by atoms with Crippen LogP contribution in [0.1, 0.15) is 0 Å². The average molecular weight is 275 g/mol. The molecule has 2 aromatic rings. The summed E-state index contributed by atoms with van der Waals surface area (Å²) in [7, 11) is 0. The maximum atomic E-state index is 4.31. The van der Waals surface area contributed by atoms with Crippen LogP contribution >= 0.6 is 0 Å². The number of rotatable bonds is 2. The summed E-state index contributed by atoms with van der Waals surface area (Å²) in [5.74, 6) is 0.937. The third kappa shape index (κ3) is 1.73. The van der Waals surface area contributed by atoms with Crippen molar-refractivity contribution in [3.8, 4) is 0 Å². The van der Waals surface area contributed by atoms with Crippen molar-refractivity contribution in [3.63, 3.8) is 0 Å². The Balaban J connectivity index is 2.02. The number of para-hydroxylation sites is 1. The Hall–Kier alpha value is -1.64. The fourth-order valence-electron chi connectivity index (χ4n) is 1.57. The number of benzene rings is 1. The van der Waals surface area contributed by atoms with Crippen LogP contribution in [0, 0.1) is 0 Å². The van der Waals surface area contributed by atoms with Crippen molar-refractivity contribution in [2.24, 2.45) is 0 Å². The zero-order valence-corrected chi connectivity index (χ0v) is 10.2. The Kier molecular flexibility index (Phi) is 2.44. The molecule has 0 saturated carbocycles. The Bertz CT molecular complexity index is 560. The van der Waals surface area contributed by atoms with E-state index in [-0.39, 0.29) is 0 Å². The topological polar surface area (TPSA) is 37.8 Å². The molecule has 1 N–H and O–H groups in total. The summed E-state index contributed by atoms with van der Waals surface area (Å²) in [6.45, 7) is 0. The van der Waals surface area contributed by atoms with Crippen LogP contribution in [0.5, 0.6) is 0 Å². The van der Waals surface area contributed by atoms with Gasteiger partial charge in [0.05, 0.1) is 0 Å². The molecule has 0 fully saturated rings. The van der Waals surface area contributed by atoms with Gasteiger partial charge in [0.2, 0.25) is 0 Å². The van der Waals surface area contributed by atoms with Crippen molar-refractivity contribution in [1.82, 2.24) is 9.97 Å². The summed E-state index contributed by atoms with van der Waals surface area (Å²) in [5.41, 5.74) is 0.984. The second-order valence-corrected chi connectivity index (χ2v) is 6.50. The molecule has 16 heavy (non-hydrogen) atoms. The summed E-state index contributed by atoms with van der Waals surface area (Å²) < 4.78 is 3.48. The van der Waals surface area contributed by atoms with Gasteiger partial charge in [-0.25, -0.2) is 0 Å². The van der Waals surface area contributed by atoms with E-state index in [0.29, 0.717) is 0 Å². The van der Waals surface area contributed by atoms with Gasteiger partial charge in [0.15, 0.2) is 0 Å². The number of anilines is 1. The van der Waals surface area contributed by atoms with Gasteiger partial charge in [0.1, 0.15) is 0 Å². The first kappa shape index (κ1) is 9.58. The molecule has 3 rings (SSSR count). The molecule has 4 heteroatoms. The Morgan fingerprint density at radius 1 is 1.00 bits per heavy atom. The summed E-state index contributed by atoms with van der Waals surface area (Å²) in [6.07, 6.45) is 5.78. The van der Waals surface area contributed by atoms with Crippen molar-refractivity contribution < 1.29 is 0 Å². The molecule has 0 atom stereocenters. The van der Waals surface area contributed by atoms with Crippen LogP contribution in [0.3, 0.4) is 0 Å². The van der Waals surface area contributed by atoms with E-state index in [2.05, 4.69) is 36.4 Å². The normalized spacial score (nSPS) is 14.8. The maximum absolute atomic E-state index is 4.31. The molecule has 0 aliphatic carbocycles. The number of fused-ring (bicyclic) bond motifs is 1. The van der Waals surface area contributed by atoms with Crippen molar-refractivity contribution in [2.45, 2.75) is 0 Å². The standard InChI is InChI=1S/C12H10N3Se/c1-2-6-11-10(5-1)12(14-9-13-11)15-16-7-3-4-8-16/h1-9H,(H,13,14,15). The average Bonchev–Trinajstić information content (AvgIpc) is 2.82. The van der Waals surface area contributed by atoms with Gasteiger partial charge in [-0.15, -0.1) is 0 Å². The van der Waals surface area contributed by atoms with Crippen molar-refractivity contribution >= 4 is 30.8 Å². The number of allylic oxidation sites excluding steroid dienone is 2. The van der Waals surface area contributed by atoms with Crippen LogP contribution in [0.2, 0.25) is 0 Å². The monoisotopic (exact) mass is 276 g/mol. The molecule has 1 aliphatic rings. The van der Waals surface area contributed by atoms with Gasteiger partial charge in [0.25, 0.3) is 0 Å². The Morgan fingerprint density at radius 3 is 2.69 bits per heavy atom. The molecule has 0 spiro atoms. The Labute approximate surface area is 98.0 Å². The van der Waals surface area contributed by atoms with Crippen LogP contribution in [0.15, 0.2) is 52.7 Å². The SMILES string of the molecule is C1=C[Se](Nc2ncnc3ccccc23)C=C1. The summed E-state index contributed by atoms with van der Waals surface area (Å²) in [5, 5.41) is 1.09. The molecular formula is C12H10N3Se. The van der Waals surface area contributed by atoms with Crippen LogP contribution in [0.4, 0.5) is 5.82 Å². The van der Waals surface area contributed by atoms with E-state index in [1.165, 1.54) is 0 Å². The molecule has 1 aromatic heterocycles. The molecule has 3 nitrogen and oxygen atoms in total. The van der Waals surface area contributed by atoms with E-state index in [4.69, 9.17) is 0 Å². The minimum absolute atomic E-state index is 0.937. The van der Waals surface area contributed by atoms with Gasteiger partial charge < -0.3 is 0 Å². The fourth-order valence-corrected chi connectivity index (χ4v) is 3.95. The van der Waals surface area contributed by atoms with Gasteiger partial charge >= 0.3 is 97.8 Å². The third-order valence-electron chi connectivity index (χ3n) is 2.32. The summed E-state index contributed by atoms with van der Waals surface area (Å²) in [6, 6.07) is 8.05. The fraction of sp³-hybridized carbons (Fsp3) is 0. The van der Waals surface area contributed by atoms with E-state index < -0.39 is 14.1 Å². The molecule has 79 valence electrons. The molecule has 1 aliphatic heterocycles. The first-order chi connectivity index (χ1) is 7.93. The van der Waals surface area contributed by atoms with Crippen molar-refractivity contribution in [1.29, 1.82) is 0 Å². The van der Waals surface area contributed by atoms with Crippen molar-refractivity contribution in [3.05, 3.63) is 52.7 Å². The predicted molar refractivity (Wildman–Crippen MR) is 67.2 cm³/mol. The van der Waals surface area contributed by atoms with Gasteiger partial charge in [0, 0.05) is 0 Å². The number of nitrogens with one attached hydrogen (secondary N) is 1. The van der Waals surface area contributed by atoms with E-state index in [1.54, 1.807) is 6.33 Å². The van der Waals surface area contributed by atoms with E-state index in [9.17, 15) is 0 Å². The second kappa shape index (κ2) is 4.08. The first-order valence-electron chi connectivity index (χ1n) is 4.97. The molecule has 1 radical (unpaired) electrons. The summed E-state index contributed by atoms with van der Waals surface area (Å²) >= 11 is -0.981. The van der Waals surface area contributed by atoms with Gasteiger partial charge in [-0.1, -0.05) is 0 Å². The third-order valence-corrected chi connectivity index (χ3v) is 5.11. The molecular weight excluding hydrogens is 265 g/mol. The van der Waals surface area contributed by atoms with Crippen LogP contribution in [0.25, 0.3) is 10.9 Å². The van der Waals surface area contributed by atoms with E-state index in [0.717, 1.165) is 16.7 Å².